The van der Waals surface area contributed by atoms with Gasteiger partial charge in [-0.15, -0.1) is 11.3 Å². The first kappa shape index (κ1) is 8.90. The Balaban J connectivity index is 2.66. The molecule has 5 heteroatoms. The lowest BCUT2D eigenvalue weighted by atomic mass is 10.5. The van der Waals surface area contributed by atoms with Gasteiger partial charge in [-0.1, -0.05) is 0 Å². The highest BCUT2D eigenvalue weighted by Crippen LogP contribution is 2.28. The summed E-state index contributed by atoms with van der Waals surface area (Å²) >= 11 is 5.10. The van der Waals surface area contributed by atoms with Crippen LogP contribution in [-0.4, -0.2) is 24.1 Å². The first-order valence-corrected chi connectivity index (χ1v) is 5.43. The molecule has 0 unspecified atom stereocenters. The second-order valence-corrected chi connectivity index (χ2v) is 4.63. The van der Waals surface area contributed by atoms with E-state index in [2.05, 4.69) is 25.9 Å². The van der Waals surface area contributed by atoms with Crippen LogP contribution < -0.4 is 4.90 Å². The molecule has 0 aliphatic heterocycles. The van der Waals surface area contributed by atoms with Crippen LogP contribution in [0.15, 0.2) is 16.0 Å². The van der Waals surface area contributed by atoms with Crippen LogP contribution in [0.3, 0.4) is 0 Å². The molecule has 68 valence electrons. The van der Waals surface area contributed by atoms with Gasteiger partial charge < -0.3 is 4.90 Å². The SMILES string of the molecule is CN(C)c1ncc2scc(Br)c2n1. The Labute approximate surface area is 88.5 Å². The summed E-state index contributed by atoms with van der Waals surface area (Å²) in [5, 5.41) is 2.03. The summed E-state index contributed by atoms with van der Waals surface area (Å²) in [6.07, 6.45) is 1.85. The number of nitrogens with zero attached hydrogens (tertiary/aromatic N) is 3. The molecule has 0 saturated heterocycles. The minimum atomic E-state index is 0.742. The molecule has 0 aliphatic rings. The standard InChI is InChI=1S/C8H8BrN3S/c1-12(2)8-10-3-6-7(11-8)5(9)4-13-6/h3-4H,1-2H3. The number of thiophene rings is 1. The van der Waals surface area contributed by atoms with Gasteiger partial charge in [0.05, 0.1) is 15.4 Å². The third-order valence-electron chi connectivity index (χ3n) is 1.66. The van der Waals surface area contributed by atoms with E-state index in [1.807, 2.05) is 30.6 Å². The van der Waals surface area contributed by atoms with Gasteiger partial charge in [-0.3, -0.25) is 0 Å². The molecule has 0 spiro atoms. The Hall–Kier alpha value is -0.680. The van der Waals surface area contributed by atoms with Crippen molar-refractivity contribution < 1.29 is 0 Å². The number of fused-ring (bicyclic) bond motifs is 1. The van der Waals surface area contributed by atoms with Gasteiger partial charge in [0.1, 0.15) is 5.52 Å². The Morgan fingerprint density at radius 1 is 1.46 bits per heavy atom. The number of halogens is 1. The summed E-state index contributed by atoms with van der Waals surface area (Å²) in [7, 11) is 3.86. The number of hydrogen-bond donors (Lipinski definition) is 0. The molecule has 0 radical (unpaired) electrons. The van der Waals surface area contributed by atoms with E-state index in [-0.39, 0.29) is 0 Å². The Kier molecular flexibility index (Phi) is 2.21. The summed E-state index contributed by atoms with van der Waals surface area (Å²) < 4.78 is 2.15. The lowest BCUT2D eigenvalue weighted by Gasteiger charge is -2.08. The average Bonchev–Trinajstić information content (AvgIpc) is 2.47. The number of hydrogen-bond acceptors (Lipinski definition) is 4. The van der Waals surface area contributed by atoms with Crippen molar-refractivity contribution in [2.45, 2.75) is 0 Å². The van der Waals surface area contributed by atoms with Crippen LogP contribution >= 0.6 is 27.3 Å². The zero-order chi connectivity index (χ0) is 9.42. The Bertz CT molecular complexity index is 438. The molecule has 2 heterocycles. The van der Waals surface area contributed by atoms with Crippen LogP contribution in [0, 0.1) is 0 Å². The molecule has 0 amide bonds. The van der Waals surface area contributed by atoms with Crippen molar-refractivity contribution in [2.24, 2.45) is 0 Å². The smallest absolute Gasteiger partial charge is 0.225 e. The van der Waals surface area contributed by atoms with Crippen LogP contribution in [0.1, 0.15) is 0 Å². The molecule has 13 heavy (non-hydrogen) atoms. The molecule has 0 saturated carbocycles. The van der Waals surface area contributed by atoms with Crippen molar-refractivity contribution in [3.05, 3.63) is 16.0 Å². The molecule has 0 fully saturated rings. The van der Waals surface area contributed by atoms with E-state index in [1.165, 1.54) is 0 Å². The fourth-order valence-corrected chi connectivity index (χ4v) is 2.44. The monoisotopic (exact) mass is 257 g/mol. The molecule has 2 rings (SSSR count). The van der Waals surface area contributed by atoms with Gasteiger partial charge in [-0.25, -0.2) is 9.97 Å². The Morgan fingerprint density at radius 3 is 2.92 bits per heavy atom. The molecule has 2 aromatic heterocycles. The average molecular weight is 258 g/mol. The fraction of sp³-hybridized carbons (Fsp3) is 0.250. The zero-order valence-electron chi connectivity index (χ0n) is 7.28. The van der Waals surface area contributed by atoms with Gasteiger partial charge in [0.25, 0.3) is 0 Å². The molecule has 0 atom stereocenters. The minimum absolute atomic E-state index is 0.742. The van der Waals surface area contributed by atoms with Crippen LogP contribution in [0.2, 0.25) is 0 Å². The van der Waals surface area contributed by atoms with E-state index < -0.39 is 0 Å². The van der Waals surface area contributed by atoms with E-state index >= 15 is 0 Å². The third-order valence-corrected chi connectivity index (χ3v) is 3.47. The zero-order valence-corrected chi connectivity index (χ0v) is 9.69. The number of anilines is 1. The van der Waals surface area contributed by atoms with Crippen molar-refractivity contribution in [3.8, 4) is 0 Å². The number of rotatable bonds is 1. The first-order valence-electron chi connectivity index (χ1n) is 3.75. The summed E-state index contributed by atoms with van der Waals surface area (Å²) in [6, 6.07) is 0. The molecule has 3 nitrogen and oxygen atoms in total. The van der Waals surface area contributed by atoms with Crippen molar-refractivity contribution in [1.82, 2.24) is 9.97 Å². The maximum Gasteiger partial charge on any atom is 0.225 e. The van der Waals surface area contributed by atoms with Gasteiger partial charge in [0, 0.05) is 19.5 Å². The van der Waals surface area contributed by atoms with Gasteiger partial charge >= 0.3 is 0 Å². The lowest BCUT2D eigenvalue weighted by molar-refractivity contribution is 1.02. The van der Waals surface area contributed by atoms with Crippen molar-refractivity contribution >= 4 is 43.4 Å². The maximum atomic E-state index is 4.41. The summed E-state index contributed by atoms with van der Waals surface area (Å²) in [5.74, 6) is 0.742. The predicted molar refractivity (Wildman–Crippen MR) is 59.4 cm³/mol. The Morgan fingerprint density at radius 2 is 2.23 bits per heavy atom. The van der Waals surface area contributed by atoms with Crippen LogP contribution in [0.25, 0.3) is 10.2 Å². The fourth-order valence-electron chi connectivity index (χ4n) is 1.01. The summed E-state index contributed by atoms with van der Waals surface area (Å²) in [5.41, 5.74) is 0.990. The topological polar surface area (TPSA) is 29.0 Å². The van der Waals surface area contributed by atoms with E-state index in [1.54, 1.807) is 11.3 Å². The lowest BCUT2D eigenvalue weighted by Crippen LogP contribution is -2.12. The summed E-state index contributed by atoms with van der Waals surface area (Å²) in [4.78, 5) is 10.5. The number of aromatic nitrogens is 2. The molecular formula is C8H8BrN3S. The second kappa shape index (κ2) is 3.23. The van der Waals surface area contributed by atoms with Gasteiger partial charge in [-0.2, -0.15) is 0 Å². The largest absolute Gasteiger partial charge is 0.347 e. The second-order valence-electron chi connectivity index (χ2n) is 2.86. The highest BCUT2D eigenvalue weighted by Gasteiger charge is 2.05. The molecular weight excluding hydrogens is 250 g/mol. The van der Waals surface area contributed by atoms with Crippen LogP contribution in [-0.2, 0) is 0 Å². The van der Waals surface area contributed by atoms with Crippen molar-refractivity contribution in [2.75, 3.05) is 19.0 Å². The van der Waals surface area contributed by atoms with Crippen molar-refractivity contribution in [3.63, 3.8) is 0 Å². The maximum absolute atomic E-state index is 4.41. The van der Waals surface area contributed by atoms with Gasteiger partial charge in [-0.05, 0) is 15.9 Å². The highest BCUT2D eigenvalue weighted by molar-refractivity contribution is 9.10. The molecule has 0 bridgehead atoms. The molecule has 2 aromatic rings. The first-order chi connectivity index (χ1) is 6.18. The predicted octanol–water partition coefficient (Wildman–Crippen LogP) is 2.52. The highest BCUT2D eigenvalue weighted by atomic mass is 79.9. The third kappa shape index (κ3) is 1.53. The van der Waals surface area contributed by atoms with Crippen molar-refractivity contribution in [1.29, 1.82) is 0 Å². The normalized spacial score (nSPS) is 10.7. The van der Waals surface area contributed by atoms with Crippen LogP contribution in [0.5, 0.6) is 0 Å². The van der Waals surface area contributed by atoms with Gasteiger partial charge in [0.15, 0.2) is 0 Å². The summed E-state index contributed by atoms with van der Waals surface area (Å²) in [6.45, 7) is 0. The van der Waals surface area contributed by atoms with E-state index in [0.29, 0.717) is 0 Å². The van der Waals surface area contributed by atoms with E-state index in [4.69, 9.17) is 0 Å². The van der Waals surface area contributed by atoms with E-state index in [9.17, 15) is 0 Å². The minimum Gasteiger partial charge on any atom is -0.347 e. The van der Waals surface area contributed by atoms with E-state index in [0.717, 1.165) is 20.6 Å². The molecule has 0 N–H and O–H groups in total. The quantitative estimate of drug-likeness (QED) is 0.787. The van der Waals surface area contributed by atoms with Crippen LogP contribution in [0.4, 0.5) is 5.95 Å². The van der Waals surface area contributed by atoms with Gasteiger partial charge in [0.2, 0.25) is 5.95 Å². The molecule has 0 aliphatic carbocycles. The molecule has 0 aromatic carbocycles.